The number of ether oxygens (including phenoxy) is 2. The molecule has 0 radical (unpaired) electrons. The fourth-order valence-corrected chi connectivity index (χ4v) is 0.949. The highest BCUT2D eigenvalue weighted by atomic mass is 19.1. The normalized spacial score (nSPS) is 10.1. The van der Waals surface area contributed by atoms with Gasteiger partial charge in [-0.15, -0.1) is 0 Å². The molecule has 0 fully saturated rings. The molecule has 0 heterocycles. The van der Waals surface area contributed by atoms with Crippen molar-refractivity contribution in [3.8, 4) is 5.75 Å². The smallest absolute Gasteiger partial charge is 0.188 e. The Morgan fingerprint density at radius 2 is 2.15 bits per heavy atom. The predicted octanol–water partition coefficient (Wildman–Crippen LogP) is 1.27. The van der Waals surface area contributed by atoms with Gasteiger partial charge in [-0.2, -0.15) is 0 Å². The minimum Gasteiger partial charge on any atom is -0.467 e. The van der Waals surface area contributed by atoms with Crippen molar-refractivity contribution in [2.75, 3.05) is 13.9 Å². The van der Waals surface area contributed by atoms with Gasteiger partial charge in [0.25, 0.3) is 0 Å². The van der Waals surface area contributed by atoms with Gasteiger partial charge in [-0.05, 0) is 17.7 Å². The van der Waals surface area contributed by atoms with Crippen LogP contribution in [0.1, 0.15) is 5.56 Å². The molecule has 1 rings (SSSR count). The van der Waals surface area contributed by atoms with Gasteiger partial charge in [0.2, 0.25) is 0 Å². The third-order valence-corrected chi connectivity index (χ3v) is 1.51. The maximum Gasteiger partial charge on any atom is 0.188 e. The molecule has 0 aliphatic carbocycles. The van der Waals surface area contributed by atoms with Gasteiger partial charge in [0.1, 0.15) is 11.6 Å². The SMILES string of the molecule is COCOc1cc(F)cc(CN)c1. The van der Waals surface area contributed by atoms with Gasteiger partial charge < -0.3 is 15.2 Å². The Balaban J connectivity index is 2.76. The van der Waals surface area contributed by atoms with Crippen LogP contribution in [0, 0.1) is 5.82 Å². The number of halogens is 1. The summed E-state index contributed by atoms with van der Waals surface area (Å²) in [6.07, 6.45) is 0. The Bertz CT molecular complexity index is 278. The Kier molecular flexibility index (Phi) is 3.67. The van der Waals surface area contributed by atoms with E-state index in [1.54, 1.807) is 6.07 Å². The van der Waals surface area contributed by atoms with Crippen LogP contribution in [-0.2, 0) is 11.3 Å². The zero-order chi connectivity index (χ0) is 9.68. The van der Waals surface area contributed by atoms with Crippen molar-refractivity contribution < 1.29 is 13.9 Å². The van der Waals surface area contributed by atoms with Crippen LogP contribution in [0.5, 0.6) is 5.75 Å². The molecule has 0 amide bonds. The topological polar surface area (TPSA) is 44.5 Å². The van der Waals surface area contributed by atoms with Crippen molar-refractivity contribution in [2.45, 2.75) is 6.54 Å². The molecule has 13 heavy (non-hydrogen) atoms. The zero-order valence-electron chi connectivity index (χ0n) is 7.42. The first-order valence-corrected chi connectivity index (χ1v) is 3.87. The van der Waals surface area contributed by atoms with E-state index in [4.69, 9.17) is 10.5 Å². The lowest BCUT2D eigenvalue weighted by molar-refractivity contribution is 0.0508. The second-order valence-electron chi connectivity index (χ2n) is 2.55. The molecule has 3 nitrogen and oxygen atoms in total. The molecule has 0 aliphatic heterocycles. The number of nitrogens with two attached hydrogens (primary N) is 1. The molecular formula is C9H12FNO2. The molecule has 2 N–H and O–H groups in total. The molecule has 0 atom stereocenters. The lowest BCUT2D eigenvalue weighted by Gasteiger charge is -2.06. The maximum atomic E-state index is 12.9. The summed E-state index contributed by atoms with van der Waals surface area (Å²) >= 11 is 0. The molecule has 1 aromatic carbocycles. The van der Waals surface area contributed by atoms with Crippen molar-refractivity contribution in [1.82, 2.24) is 0 Å². The molecule has 0 unspecified atom stereocenters. The third-order valence-electron chi connectivity index (χ3n) is 1.51. The number of hydrogen-bond acceptors (Lipinski definition) is 3. The molecule has 72 valence electrons. The van der Waals surface area contributed by atoms with Crippen molar-refractivity contribution in [3.05, 3.63) is 29.6 Å². The van der Waals surface area contributed by atoms with E-state index in [-0.39, 0.29) is 12.6 Å². The maximum absolute atomic E-state index is 12.9. The van der Waals surface area contributed by atoms with E-state index in [0.717, 1.165) is 0 Å². The summed E-state index contributed by atoms with van der Waals surface area (Å²) in [5.74, 6) is 0.0800. The van der Waals surface area contributed by atoms with E-state index in [1.165, 1.54) is 19.2 Å². The molecular weight excluding hydrogens is 173 g/mol. The zero-order valence-corrected chi connectivity index (χ0v) is 7.42. The molecule has 4 heteroatoms. The first-order chi connectivity index (χ1) is 6.26. The Labute approximate surface area is 76.3 Å². The van der Waals surface area contributed by atoms with Crippen molar-refractivity contribution in [3.63, 3.8) is 0 Å². The first kappa shape index (κ1) is 9.95. The van der Waals surface area contributed by atoms with Gasteiger partial charge >= 0.3 is 0 Å². The number of hydrogen-bond donors (Lipinski definition) is 1. The van der Waals surface area contributed by atoms with Gasteiger partial charge in [-0.25, -0.2) is 4.39 Å². The van der Waals surface area contributed by atoms with E-state index in [1.807, 2.05) is 0 Å². The summed E-state index contributed by atoms with van der Waals surface area (Å²) in [5.41, 5.74) is 6.06. The molecule has 0 spiro atoms. The van der Waals surface area contributed by atoms with Crippen LogP contribution in [-0.4, -0.2) is 13.9 Å². The standard InChI is InChI=1S/C9H12FNO2/c1-12-6-13-9-3-7(5-11)2-8(10)4-9/h2-4H,5-6,11H2,1H3. The van der Waals surface area contributed by atoms with Gasteiger partial charge in [0, 0.05) is 19.7 Å². The van der Waals surface area contributed by atoms with E-state index in [0.29, 0.717) is 17.9 Å². The van der Waals surface area contributed by atoms with Crippen LogP contribution < -0.4 is 10.5 Å². The van der Waals surface area contributed by atoms with Gasteiger partial charge in [0.05, 0.1) is 0 Å². The van der Waals surface area contributed by atoms with Crippen LogP contribution in [0.25, 0.3) is 0 Å². The quantitative estimate of drug-likeness (QED) is 0.718. The lowest BCUT2D eigenvalue weighted by Crippen LogP contribution is -2.02. The Morgan fingerprint density at radius 3 is 2.77 bits per heavy atom. The van der Waals surface area contributed by atoms with E-state index in [2.05, 4.69) is 4.74 Å². The van der Waals surface area contributed by atoms with Gasteiger partial charge in [-0.1, -0.05) is 0 Å². The Morgan fingerprint density at radius 1 is 1.38 bits per heavy atom. The minimum absolute atomic E-state index is 0.105. The predicted molar refractivity (Wildman–Crippen MR) is 46.8 cm³/mol. The van der Waals surface area contributed by atoms with E-state index < -0.39 is 0 Å². The van der Waals surface area contributed by atoms with Crippen LogP contribution >= 0.6 is 0 Å². The highest BCUT2D eigenvalue weighted by molar-refractivity contribution is 5.29. The second-order valence-corrected chi connectivity index (χ2v) is 2.55. The monoisotopic (exact) mass is 185 g/mol. The van der Waals surface area contributed by atoms with Gasteiger partial charge in [-0.3, -0.25) is 0 Å². The summed E-state index contributed by atoms with van der Waals surface area (Å²) in [4.78, 5) is 0. The summed E-state index contributed by atoms with van der Waals surface area (Å²) in [7, 11) is 1.50. The molecule has 0 saturated carbocycles. The van der Waals surface area contributed by atoms with Crippen LogP contribution in [0.15, 0.2) is 18.2 Å². The summed E-state index contributed by atoms with van der Waals surface area (Å²) in [6.45, 7) is 0.397. The average molecular weight is 185 g/mol. The third kappa shape index (κ3) is 3.01. The molecule has 0 aromatic heterocycles. The fourth-order valence-electron chi connectivity index (χ4n) is 0.949. The lowest BCUT2D eigenvalue weighted by atomic mass is 10.2. The first-order valence-electron chi connectivity index (χ1n) is 3.87. The summed E-state index contributed by atoms with van der Waals surface area (Å²) in [5, 5.41) is 0. The second kappa shape index (κ2) is 4.79. The van der Waals surface area contributed by atoms with Crippen molar-refractivity contribution in [2.24, 2.45) is 5.73 Å². The summed E-state index contributed by atoms with van der Waals surface area (Å²) < 4.78 is 22.6. The molecule has 0 aliphatic rings. The van der Waals surface area contributed by atoms with E-state index in [9.17, 15) is 4.39 Å². The molecule has 0 bridgehead atoms. The van der Waals surface area contributed by atoms with Crippen molar-refractivity contribution in [1.29, 1.82) is 0 Å². The highest BCUT2D eigenvalue weighted by Crippen LogP contribution is 2.15. The average Bonchev–Trinajstić information content (AvgIpc) is 2.14. The number of rotatable bonds is 4. The largest absolute Gasteiger partial charge is 0.467 e. The number of methoxy groups -OCH3 is 1. The fraction of sp³-hybridized carbons (Fsp3) is 0.333. The van der Waals surface area contributed by atoms with Crippen molar-refractivity contribution >= 4 is 0 Å². The molecule has 1 aromatic rings. The van der Waals surface area contributed by atoms with Crippen LogP contribution in [0.4, 0.5) is 4.39 Å². The molecule has 0 saturated heterocycles. The Hall–Kier alpha value is -1.13. The number of benzene rings is 1. The summed E-state index contributed by atoms with van der Waals surface area (Å²) in [6, 6.07) is 4.35. The highest BCUT2D eigenvalue weighted by Gasteiger charge is 1.99. The van der Waals surface area contributed by atoms with Gasteiger partial charge in [0.15, 0.2) is 6.79 Å². The van der Waals surface area contributed by atoms with Crippen LogP contribution in [0.3, 0.4) is 0 Å². The van der Waals surface area contributed by atoms with Crippen LogP contribution in [0.2, 0.25) is 0 Å². The minimum atomic E-state index is -0.353. The van der Waals surface area contributed by atoms with E-state index >= 15 is 0 Å².